The van der Waals surface area contributed by atoms with E-state index in [4.69, 9.17) is 0 Å². The van der Waals surface area contributed by atoms with E-state index in [0.717, 1.165) is 12.4 Å². The van der Waals surface area contributed by atoms with Gasteiger partial charge in [-0.2, -0.15) is 17.6 Å². The minimum atomic E-state index is -3.05. The van der Waals surface area contributed by atoms with E-state index in [1.807, 2.05) is 0 Å². The van der Waals surface area contributed by atoms with Crippen LogP contribution in [0.2, 0.25) is 0 Å². The Balaban J connectivity index is 2.32. The summed E-state index contributed by atoms with van der Waals surface area (Å²) in [5, 5.41) is 0. The van der Waals surface area contributed by atoms with Gasteiger partial charge < -0.3 is 9.47 Å². The van der Waals surface area contributed by atoms with Gasteiger partial charge >= 0.3 is 13.2 Å². The van der Waals surface area contributed by atoms with Crippen molar-refractivity contribution in [3.8, 4) is 23.0 Å². The lowest BCUT2D eigenvalue weighted by molar-refractivity contribution is -0.0538. The normalized spacial score (nSPS) is 11.0. The molecule has 0 fully saturated rings. The van der Waals surface area contributed by atoms with Crippen molar-refractivity contribution in [2.75, 3.05) is 0 Å². The van der Waals surface area contributed by atoms with Gasteiger partial charge in [0.1, 0.15) is 0 Å². The van der Waals surface area contributed by atoms with E-state index in [2.05, 4.69) is 24.4 Å². The highest BCUT2D eigenvalue weighted by Gasteiger charge is 2.15. The van der Waals surface area contributed by atoms with Gasteiger partial charge in [0.2, 0.25) is 11.8 Å². The summed E-state index contributed by atoms with van der Waals surface area (Å²) < 4.78 is 57.1. The molecule has 112 valence electrons. The summed E-state index contributed by atoms with van der Waals surface area (Å²) in [6.45, 7) is -4.47. The Morgan fingerprint density at radius 2 is 1.67 bits per heavy atom. The number of alkyl halides is 4. The molecular formula is C12H9F4N3O2. The van der Waals surface area contributed by atoms with E-state index in [1.54, 1.807) is 13.0 Å². The van der Waals surface area contributed by atoms with Crippen molar-refractivity contribution in [2.24, 2.45) is 0 Å². The second-order valence-corrected chi connectivity index (χ2v) is 3.80. The molecule has 0 amide bonds. The molecule has 0 atom stereocenters. The Hall–Kier alpha value is -2.45. The summed E-state index contributed by atoms with van der Waals surface area (Å²) >= 11 is 0. The maximum absolute atomic E-state index is 12.4. The van der Waals surface area contributed by atoms with Gasteiger partial charge in [0, 0.05) is 5.69 Å². The highest BCUT2D eigenvalue weighted by Crippen LogP contribution is 2.28. The van der Waals surface area contributed by atoms with Crippen LogP contribution in [0.1, 0.15) is 5.69 Å². The summed E-state index contributed by atoms with van der Waals surface area (Å²) in [6.07, 6.45) is 2.05. The van der Waals surface area contributed by atoms with Gasteiger partial charge in [-0.25, -0.2) is 15.0 Å². The first-order chi connectivity index (χ1) is 9.95. The zero-order valence-electron chi connectivity index (χ0n) is 10.6. The molecule has 2 heterocycles. The molecule has 0 radical (unpaired) electrons. The lowest BCUT2D eigenvalue weighted by Crippen LogP contribution is -2.07. The van der Waals surface area contributed by atoms with Gasteiger partial charge in [0.25, 0.3) is 0 Å². The monoisotopic (exact) mass is 303 g/mol. The first kappa shape index (κ1) is 14.9. The van der Waals surface area contributed by atoms with E-state index in [9.17, 15) is 17.6 Å². The minimum Gasteiger partial charge on any atom is -0.416 e. The molecule has 0 aliphatic heterocycles. The number of nitrogens with zero attached hydrogens (tertiary/aromatic N) is 3. The van der Waals surface area contributed by atoms with Crippen molar-refractivity contribution in [2.45, 2.75) is 20.1 Å². The van der Waals surface area contributed by atoms with E-state index >= 15 is 0 Å². The zero-order valence-corrected chi connectivity index (χ0v) is 10.6. The quantitative estimate of drug-likeness (QED) is 0.795. The maximum Gasteiger partial charge on any atom is 0.388 e. The number of pyridine rings is 1. The fourth-order valence-corrected chi connectivity index (χ4v) is 1.51. The number of ether oxygens (including phenoxy) is 2. The summed E-state index contributed by atoms with van der Waals surface area (Å²) in [4.78, 5) is 11.3. The predicted molar refractivity (Wildman–Crippen MR) is 63.3 cm³/mol. The van der Waals surface area contributed by atoms with E-state index in [-0.39, 0.29) is 23.0 Å². The molecule has 0 aliphatic carbocycles. The number of aromatic nitrogens is 3. The van der Waals surface area contributed by atoms with E-state index < -0.39 is 13.2 Å². The molecule has 21 heavy (non-hydrogen) atoms. The fourth-order valence-electron chi connectivity index (χ4n) is 1.51. The molecule has 0 N–H and O–H groups in total. The van der Waals surface area contributed by atoms with Crippen LogP contribution in [0.25, 0.3) is 11.3 Å². The highest BCUT2D eigenvalue weighted by atomic mass is 19.3. The number of halogens is 4. The van der Waals surface area contributed by atoms with Crippen molar-refractivity contribution >= 4 is 0 Å². The summed E-state index contributed by atoms with van der Waals surface area (Å²) in [7, 11) is 0. The second-order valence-electron chi connectivity index (χ2n) is 3.80. The van der Waals surface area contributed by atoms with Gasteiger partial charge in [-0.3, -0.25) is 0 Å². The first-order valence-electron chi connectivity index (χ1n) is 5.65. The third-order valence-corrected chi connectivity index (χ3v) is 2.31. The van der Waals surface area contributed by atoms with Crippen LogP contribution < -0.4 is 9.47 Å². The van der Waals surface area contributed by atoms with Crippen LogP contribution in [0, 0.1) is 6.92 Å². The Morgan fingerprint density at radius 3 is 2.24 bits per heavy atom. The molecule has 0 bridgehead atoms. The third-order valence-electron chi connectivity index (χ3n) is 2.31. The topological polar surface area (TPSA) is 57.1 Å². The van der Waals surface area contributed by atoms with Crippen molar-refractivity contribution in [1.29, 1.82) is 0 Å². The van der Waals surface area contributed by atoms with Gasteiger partial charge in [-0.05, 0) is 19.1 Å². The van der Waals surface area contributed by atoms with Gasteiger partial charge in [-0.1, -0.05) is 0 Å². The lowest BCUT2D eigenvalue weighted by Gasteiger charge is -2.10. The Bertz CT molecular complexity index is 608. The van der Waals surface area contributed by atoms with Gasteiger partial charge in [0.05, 0.1) is 23.7 Å². The molecule has 2 aromatic heterocycles. The summed E-state index contributed by atoms with van der Waals surface area (Å²) in [5.74, 6) is -0.702. The molecule has 0 saturated carbocycles. The number of hydrogen-bond donors (Lipinski definition) is 0. The SMILES string of the molecule is Cc1ccc(-c2cnc(OC(F)F)cn2)c(OC(F)F)n1. The van der Waals surface area contributed by atoms with Gasteiger partial charge in [-0.15, -0.1) is 0 Å². The predicted octanol–water partition coefficient (Wildman–Crippen LogP) is 3.05. The van der Waals surface area contributed by atoms with Crippen molar-refractivity contribution < 1.29 is 27.0 Å². The third kappa shape index (κ3) is 4.01. The summed E-state index contributed by atoms with van der Waals surface area (Å²) in [5.41, 5.74) is 0.775. The van der Waals surface area contributed by atoms with E-state index in [1.165, 1.54) is 6.07 Å². The van der Waals surface area contributed by atoms with Crippen LogP contribution in [0.4, 0.5) is 17.6 Å². The first-order valence-corrected chi connectivity index (χ1v) is 5.65. The standard InChI is InChI=1S/C12H9F4N3O2/c1-6-2-3-7(10(19-6)21-12(15)16)8-4-18-9(5-17-8)20-11(13)14/h2-5,11-12H,1H3. The lowest BCUT2D eigenvalue weighted by atomic mass is 10.2. The molecule has 2 rings (SSSR count). The molecule has 2 aromatic rings. The summed E-state index contributed by atoms with van der Waals surface area (Å²) in [6, 6.07) is 3.04. The Kier molecular flexibility index (Phi) is 4.51. The fraction of sp³-hybridized carbons (Fsp3) is 0.250. The largest absolute Gasteiger partial charge is 0.416 e. The maximum atomic E-state index is 12.4. The Morgan fingerprint density at radius 1 is 0.952 bits per heavy atom. The van der Waals surface area contributed by atoms with Gasteiger partial charge in [0.15, 0.2) is 0 Å². The highest BCUT2D eigenvalue weighted by molar-refractivity contribution is 5.64. The van der Waals surface area contributed by atoms with Crippen molar-refractivity contribution in [1.82, 2.24) is 15.0 Å². The zero-order chi connectivity index (χ0) is 15.4. The smallest absolute Gasteiger partial charge is 0.388 e. The van der Waals surface area contributed by atoms with Crippen LogP contribution in [0.5, 0.6) is 11.8 Å². The number of aryl methyl sites for hydroxylation is 1. The van der Waals surface area contributed by atoms with Crippen LogP contribution in [0.15, 0.2) is 24.5 Å². The molecule has 9 heteroatoms. The van der Waals surface area contributed by atoms with Crippen LogP contribution in [-0.2, 0) is 0 Å². The Labute approximate surface area is 116 Å². The molecular weight excluding hydrogens is 294 g/mol. The van der Waals surface area contributed by atoms with Crippen molar-refractivity contribution in [3.63, 3.8) is 0 Å². The molecule has 0 aromatic carbocycles. The second kappa shape index (κ2) is 6.33. The molecule has 5 nitrogen and oxygen atoms in total. The minimum absolute atomic E-state index is 0.139. The molecule has 0 unspecified atom stereocenters. The number of hydrogen-bond acceptors (Lipinski definition) is 5. The number of rotatable bonds is 5. The van der Waals surface area contributed by atoms with E-state index in [0.29, 0.717) is 5.69 Å². The molecule has 0 saturated heterocycles. The molecule has 0 spiro atoms. The molecule has 0 aliphatic rings. The average Bonchev–Trinajstić information content (AvgIpc) is 2.39. The van der Waals surface area contributed by atoms with Crippen LogP contribution in [0.3, 0.4) is 0 Å². The van der Waals surface area contributed by atoms with Crippen molar-refractivity contribution in [3.05, 3.63) is 30.2 Å². The van der Waals surface area contributed by atoms with Crippen LogP contribution in [-0.4, -0.2) is 28.2 Å². The average molecular weight is 303 g/mol. The van der Waals surface area contributed by atoms with Crippen LogP contribution >= 0.6 is 0 Å².